The van der Waals surface area contributed by atoms with Crippen LogP contribution in [0, 0.1) is 5.92 Å². The van der Waals surface area contributed by atoms with Crippen molar-refractivity contribution in [3.8, 4) is 0 Å². The molecule has 0 aromatic heterocycles. The van der Waals surface area contributed by atoms with E-state index in [-0.39, 0.29) is 37.2 Å². The van der Waals surface area contributed by atoms with Gasteiger partial charge in [-0.15, -0.1) is 0 Å². The molecule has 1 rings (SSSR count). The zero-order valence-corrected chi connectivity index (χ0v) is 11.8. The Balaban J connectivity index is 2.70. The minimum absolute atomic E-state index is 0.116. The number of nitrogens with zero attached hydrogens (tertiary/aromatic N) is 1. The van der Waals surface area contributed by atoms with Crippen LogP contribution in [0.5, 0.6) is 0 Å². The number of carbonyl (C=O) groups is 2. The fraction of sp³-hybridized carbons (Fsp3) is 0.636. The zero-order chi connectivity index (χ0) is 14.6. The number of carbonyl (C=O) groups excluding carboxylic acids is 2. The van der Waals surface area contributed by atoms with Crippen LogP contribution in [0.25, 0.3) is 0 Å². The summed E-state index contributed by atoms with van der Waals surface area (Å²) in [6.07, 6.45) is 1.34. The molecule has 1 amide bonds. The monoisotopic (exact) mass is 290 g/mol. The highest BCUT2D eigenvalue weighted by molar-refractivity contribution is 7.89. The summed E-state index contributed by atoms with van der Waals surface area (Å²) < 4.78 is 26.7. The molecule has 0 bridgehead atoms. The number of hydrogen-bond donors (Lipinski definition) is 1. The van der Waals surface area contributed by atoms with Crippen LogP contribution in [0.3, 0.4) is 0 Å². The molecule has 0 aromatic carbocycles. The Kier molecular flexibility index (Phi) is 5.07. The van der Waals surface area contributed by atoms with Gasteiger partial charge in [0.05, 0.1) is 12.4 Å². The Morgan fingerprint density at radius 3 is 2.74 bits per heavy atom. The number of nitrogens with two attached hydrogens (primary N) is 1. The molecular formula is C11H18N2O5S. The zero-order valence-electron chi connectivity index (χ0n) is 11.0. The van der Waals surface area contributed by atoms with Crippen molar-refractivity contribution in [1.29, 1.82) is 0 Å². The van der Waals surface area contributed by atoms with Gasteiger partial charge in [0.25, 0.3) is 0 Å². The Morgan fingerprint density at radius 1 is 1.58 bits per heavy atom. The third kappa shape index (κ3) is 4.99. The molecule has 1 saturated heterocycles. The highest BCUT2D eigenvalue weighted by Crippen LogP contribution is 2.22. The molecule has 1 aliphatic rings. The predicted octanol–water partition coefficient (Wildman–Crippen LogP) is -0.410. The van der Waals surface area contributed by atoms with Gasteiger partial charge in [-0.1, -0.05) is 0 Å². The van der Waals surface area contributed by atoms with Crippen molar-refractivity contribution < 1.29 is 22.7 Å². The van der Waals surface area contributed by atoms with Crippen LogP contribution in [-0.4, -0.2) is 44.1 Å². The van der Waals surface area contributed by atoms with E-state index < -0.39 is 16.0 Å². The third-order valence-electron chi connectivity index (χ3n) is 2.71. The van der Waals surface area contributed by atoms with Gasteiger partial charge in [0.1, 0.15) is 0 Å². The fourth-order valence-corrected chi connectivity index (χ4v) is 2.88. The smallest absolute Gasteiger partial charge is 0.332 e. The predicted molar refractivity (Wildman–Crippen MR) is 68.2 cm³/mol. The minimum Gasteiger partial charge on any atom is -0.463 e. The summed E-state index contributed by atoms with van der Waals surface area (Å²) >= 11 is 0. The first-order chi connectivity index (χ1) is 8.73. The van der Waals surface area contributed by atoms with Crippen molar-refractivity contribution in [2.45, 2.75) is 20.3 Å². The molecule has 108 valence electrons. The van der Waals surface area contributed by atoms with Crippen molar-refractivity contribution in [1.82, 2.24) is 4.90 Å². The number of primary sulfonamides is 1. The summed E-state index contributed by atoms with van der Waals surface area (Å²) in [6.45, 7) is 3.79. The van der Waals surface area contributed by atoms with E-state index in [1.807, 2.05) is 0 Å². The van der Waals surface area contributed by atoms with Gasteiger partial charge in [-0.2, -0.15) is 0 Å². The maximum Gasteiger partial charge on any atom is 0.332 e. The highest BCUT2D eigenvalue weighted by atomic mass is 32.2. The second-order valence-corrected chi connectivity index (χ2v) is 6.10. The van der Waals surface area contributed by atoms with Gasteiger partial charge in [-0.05, 0) is 13.8 Å². The molecule has 0 aliphatic carbocycles. The fourth-order valence-electron chi connectivity index (χ4n) is 1.99. The molecule has 0 aromatic rings. The first-order valence-corrected chi connectivity index (χ1v) is 7.60. The Bertz CT molecular complexity index is 497. The average Bonchev–Trinajstić information content (AvgIpc) is 2.56. The molecule has 0 spiro atoms. The van der Waals surface area contributed by atoms with E-state index in [2.05, 4.69) is 0 Å². The largest absolute Gasteiger partial charge is 0.463 e. The second kappa shape index (κ2) is 6.16. The van der Waals surface area contributed by atoms with E-state index in [4.69, 9.17) is 9.88 Å². The van der Waals surface area contributed by atoms with E-state index in [0.717, 1.165) is 0 Å². The Labute approximate surface area is 112 Å². The van der Waals surface area contributed by atoms with E-state index in [9.17, 15) is 18.0 Å². The second-order valence-electron chi connectivity index (χ2n) is 4.44. The van der Waals surface area contributed by atoms with Crippen molar-refractivity contribution in [3.05, 3.63) is 11.8 Å². The van der Waals surface area contributed by atoms with Crippen LogP contribution in [0.1, 0.15) is 20.3 Å². The quantitative estimate of drug-likeness (QED) is 0.547. The standard InChI is InChI=1S/C11H18N2O5S/c1-3-18-11(15)4-8(2)13-6-9(5-10(13)14)7-19(12,16)17/h4,9H,3,5-7H2,1-2H3,(H2,12,16,17). The summed E-state index contributed by atoms with van der Waals surface area (Å²) in [5.74, 6) is -1.32. The molecule has 1 aliphatic heterocycles. The maximum atomic E-state index is 11.7. The van der Waals surface area contributed by atoms with Gasteiger partial charge >= 0.3 is 5.97 Å². The lowest BCUT2D eigenvalue weighted by atomic mass is 10.1. The van der Waals surface area contributed by atoms with Crippen molar-refractivity contribution >= 4 is 21.9 Å². The van der Waals surface area contributed by atoms with Crippen molar-refractivity contribution in [2.24, 2.45) is 11.1 Å². The Hall–Kier alpha value is -1.41. The van der Waals surface area contributed by atoms with Gasteiger partial charge in [-0.3, -0.25) is 4.79 Å². The van der Waals surface area contributed by atoms with E-state index in [1.54, 1.807) is 13.8 Å². The van der Waals surface area contributed by atoms with E-state index >= 15 is 0 Å². The molecule has 1 unspecified atom stereocenters. The first-order valence-electron chi connectivity index (χ1n) is 5.88. The maximum absolute atomic E-state index is 11.7. The summed E-state index contributed by atoms with van der Waals surface area (Å²) in [4.78, 5) is 24.4. The molecule has 1 fully saturated rings. The summed E-state index contributed by atoms with van der Waals surface area (Å²) in [6, 6.07) is 0. The molecule has 19 heavy (non-hydrogen) atoms. The van der Waals surface area contributed by atoms with E-state index in [1.165, 1.54) is 11.0 Å². The average molecular weight is 290 g/mol. The normalized spacial score (nSPS) is 20.8. The lowest BCUT2D eigenvalue weighted by Crippen LogP contribution is -2.27. The van der Waals surface area contributed by atoms with Crippen LogP contribution < -0.4 is 5.14 Å². The van der Waals surface area contributed by atoms with Gasteiger partial charge < -0.3 is 9.64 Å². The first kappa shape index (κ1) is 15.6. The molecule has 8 heteroatoms. The molecule has 1 heterocycles. The van der Waals surface area contributed by atoms with Crippen LogP contribution in [-0.2, 0) is 24.3 Å². The van der Waals surface area contributed by atoms with Crippen molar-refractivity contribution in [2.75, 3.05) is 18.9 Å². The summed E-state index contributed by atoms with van der Waals surface area (Å²) in [7, 11) is -3.60. The molecule has 2 N–H and O–H groups in total. The number of hydrogen-bond acceptors (Lipinski definition) is 5. The molecular weight excluding hydrogens is 272 g/mol. The topological polar surface area (TPSA) is 107 Å². The van der Waals surface area contributed by atoms with Crippen LogP contribution in [0.4, 0.5) is 0 Å². The number of amides is 1. The SMILES string of the molecule is CCOC(=O)C=C(C)N1CC(CS(N)(=O)=O)CC1=O. The van der Waals surface area contributed by atoms with Gasteiger partial charge in [0.15, 0.2) is 0 Å². The van der Waals surface area contributed by atoms with Crippen LogP contribution >= 0.6 is 0 Å². The highest BCUT2D eigenvalue weighted by Gasteiger charge is 2.32. The van der Waals surface area contributed by atoms with Crippen molar-refractivity contribution in [3.63, 3.8) is 0 Å². The van der Waals surface area contributed by atoms with Crippen LogP contribution in [0.2, 0.25) is 0 Å². The minimum atomic E-state index is -3.60. The van der Waals surface area contributed by atoms with Crippen LogP contribution in [0.15, 0.2) is 11.8 Å². The van der Waals surface area contributed by atoms with E-state index in [0.29, 0.717) is 5.70 Å². The van der Waals surface area contributed by atoms with Gasteiger partial charge in [0, 0.05) is 30.7 Å². The van der Waals surface area contributed by atoms with Gasteiger partial charge in [0.2, 0.25) is 15.9 Å². The number of likely N-dealkylation sites (tertiary alicyclic amines) is 1. The number of rotatable bonds is 5. The summed E-state index contributed by atoms with van der Waals surface area (Å²) in [5, 5.41) is 4.96. The third-order valence-corrected chi connectivity index (χ3v) is 3.65. The molecule has 7 nitrogen and oxygen atoms in total. The molecule has 1 atom stereocenters. The number of allylic oxidation sites excluding steroid dienone is 1. The lowest BCUT2D eigenvalue weighted by molar-refractivity contribution is -0.137. The summed E-state index contributed by atoms with van der Waals surface area (Å²) in [5.41, 5.74) is 0.445. The number of esters is 1. The number of sulfonamides is 1. The molecule has 0 radical (unpaired) electrons. The lowest BCUT2D eigenvalue weighted by Gasteiger charge is -2.16. The molecule has 0 saturated carbocycles. The number of ether oxygens (including phenoxy) is 1. The van der Waals surface area contributed by atoms with Gasteiger partial charge in [-0.25, -0.2) is 18.4 Å². The Morgan fingerprint density at radius 2 is 2.21 bits per heavy atom.